The lowest BCUT2D eigenvalue weighted by atomic mass is 9.75. The molecule has 3 rings (SSSR count). The minimum Gasteiger partial charge on any atom is -0.486 e. The van der Waals surface area contributed by atoms with Crippen molar-refractivity contribution in [3.63, 3.8) is 0 Å². The lowest BCUT2D eigenvalue weighted by molar-refractivity contribution is 0.290. The van der Waals surface area contributed by atoms with Gasteiger partial charge < -0.3 is 14.8 Å². The van der Waals surface area contributed by atoms with Crippen molar-refractivity contribution in [1.29, 1.82) is 0 Å². The van der Waals surface area contributed by atoms with Gasteiger partial charge in [0.05, 0.1) is 0 Å². The van der Waals surface area contributed by atoms with Crippen LogP contribution >= 0.6 is 0 Å². The molecule has 0 aliphatic heterocycles. The average Bonchev–Trinajstić information content (AvgIpc) is 2.63. The van der Waals surface area contributed by atoms with Crippen molar-refractivity contribution in [3.05, 3.63) is 83.2 Å². The normalized spacial score (nSPS) is 10.7. The fourth-order valence-corrected chi connectivity index (χ4v) is 2.95. The number of ether oxygens (including phenoxy) is 1. The summed E-state index contributed by atoms with van der Waals surface area (Å²) in [7, 11) is -1.52. The van der Waals surface area contributed by atoms with Crippen molar-refractivity contribution in [1.82, 2.24) is 0 Å². The van der Waals surface area contributed by atoms with Gasteiger partial charge in [-0.05, 0) is 53.7 Å². The molecule has 0 saturated heterocycles. The predicted molar refractivity (Wildman–Crippen MR) is 102 cm³/mol. The molecule has 2 N–H and O–H groups in total. The Kier molecular flexibility index (Phi) is 5.40. The van der Waals surface area contributed by atoms with Gasteiger partial charge in [0, 0.05) is 0 Å². The third-order valence-corrected chi connectivity index (χ3v) is 4.37. The van der Waals surface area contributed by atoms with Crippen molar-refractivity contribution < 1.29 is 19.2 Å². The summed E-state index contributed by atoms with van der Waals surface area (Å²) >= 11 is 0. The first-order chi connectivity index (χ1) is 12.5. The van der Waals surface area contributed by atoms with E-state index in [0.29, 0.717) is 17.6 Å². The molecule has 26 heavy (non-hydrogen) atoms. The highest BCUT2D eigenvalue weighted by atomic mass is 19.1. The van der Waals surface area contributed by atoms with Crippen molar-refractivity contribution in [2.24, 2.45) is 0 Å². The van der Waals surface area contributed by atoms with E-state index in [1.165, 1.54) is 6.07 Å². The van der Waals surface area contributed by atoms with E-state index in [1.54, 1.807) is 25.1 Å². The van der Waals surface area contributed by atoms with E-state index in [4.69, 9.17) is 4.74 Å². The summed E-state index contributed by atoms with van der Waals surface area (Å²) in [5.74, 6) is -0.226. The van der Waals surface area contributed by atoms with Gasteiger partial charge in [-0.3, -0.25) is 0 Å². The van der Waals surface area contributed by atoms with Gasteiger partial charge >= 0.3 is 7.12 Å². The summed E-state index contributed by atoms with van der Waals surface area (Å²) < 4.78 is 20.1. The smallest absolute Gasteiger partial charge is 0.486 e. The van der Waals surface area contributed by atoms with Gasteiger partial charge in [0.1, 0.15) is 6.61 Å². The fourth-order valence-electron chi connectivity index (χ4n) is 2.95. The maximum atomic E-state index is 14.5. The molecule has 3 aromatic carbocycles. The summed E-state index contributed by atoms with van der Waals surface area (Å²) in [4.78, 5) is 0. The fraction of sp³-hybridized carbons (Fsp3) is 0.143. The van der Waals surface area contributed by atoms with Gasteiger partial charge in [0.25, 0.3) is 0 Å². The van der Waals surface area contributed by atoms with Crippen LogP contribution in [-0.4, -0.2) is 17.2 Å². The molecule has 0 aromatic heterocycles. The van der Waals surface area contributed by atoms with Crippen LogP contribution in [0.5, 0.6) is 5.75 Å². The highest BCUT2D eigenvalue weighted by molar-refractivity contribution is 6.59. The highest BCUT2D eigenvalue weighted by Crippen LogP contribution is 2.28. The Labute approximate surface area is 152 Å². The van der Waals surface area contributed by atoms with Crippen molar-refractivity contribution in [2.45, 2.75) is 20.5 Å². The molecule has 0 unspecified atom stereocenters. The number of hydrogen-bond acceptors (Lipinski definition) is 3. The second-order valence-electron chi connectivity index (χ2n) is 6.32. The van der Waals surface area contributed by atoms with Crippen LogP contribution in [0.25, 0.3) is 11.1 Å². The van der Waals surface area contributed by atoms with Gasteiger partial charge in [0.2, 0.25) is 0 Å². The minimum absolute atomic E-state index is 0.203. The van der Waals surface area contributed by atoms with Gasteiger partial charge in [-0.1, -0.05) is 54.1 Å². The maximum Gasteiger partial charge on any atom is 0.488 e. The Morgan fingerprint density at radius 1 is 0.923 bits per heavy atom. The molecule has 3 nitrogen and oxygen atoms in total. The molecular formula is C21H20BFO3. The van der Waals surface area contributed by atoms with E-state index in [9.17, 15) is 14.4 Å². The number of hydrogen-bond donors (Lipinski definition) is 2. The van der Waals surface area contributed by atoms with Gasteiger partial charge in [-0.2, -0.15) is 0 Å². The third kappa shape index (κ3) is 3.95. The number of benzene rings is 3. The molecule has 0 atom stereocenters. The van der Waals surface area contributed by atoms with E-state index in [0.717, 1.165) is 22.3 Å². The van der Waals surface area contributed by atoms with Crippen LogP contribution < -0.4 is 10.2 Å². The van der Waals surface area contributed by atoms with Crippen LogP contribution in [0.2, 0.25) is 0 Å². The number of halogens is 1. The Morgan fingerprint density at radius 3 is 2.31 bits per heavy atom. The van der Waals surface area contributed by atoms with E-state index in [1.807, 2.05) is 43.3 Å². The Bertz CT molecular complexity index is 911. The van der Waals surface area contributed by atoms with E-state index in [-0.39, 0.29) is 5.75 Å². The Hall–Kier alpha value is -2.63. The summed E-state index contributed by atoms with van der Waals surface area (Å²) in [5.41, 5.74) is 4.58. The largest absolute Gasteiger partial charge is 0.488 e. The molecule has 0 bridgehead atoms. The van der Waals surface area contributed by atoms with Crippen LogP contribution in [0.3, 0.4) is 0 Å². The van der Waals surface area contributed by atoms with Crippen LogP contribution in [0.1, 0.15) is 16.7 Å². The molecule has 0 saturated carbocycles. The molecule has 0 aliphatic rings. The molecule has 0 radical (unpaired) electrons. The molecule has 0 amide bonds. The molecule has 5 heteroatoms. The predicted octanol–water partition coefficient (Wildman–Crippen LogP) is 3.37. The van der Waals surface area contributed by atoms with Gasteiger partial charge in [-0.25, -0.2) is 4.39 Å². The first-order valence-electron chi connectivity index (χ1n) is 8.39. The van der Waals surface area contributed by atoms with Crippen LogP contribution in [0, 0.1) is 19.7 Å². The van der Waals surface area contributed by atoms with E-state index in [2.05, 4.69) is 0 Å². The SMILES string of the molecule is Cc1cc(-c2ccc(OCc3ccccc3)c(F)c2)c(C)cc1B(O)O. The number of aryl methyl sites for hydroxylation is 2. The summed E-state index contributed by atoms with van der Waals surface area (Å²) in [6, 6.07) is 18.0. The topological polar surface area (TPSA) is 49.7 Å². The lowest BCUT2D eigenvalue weighted by Gasteiger charge is -2.13. The molecular weight excluding hydrogens is 330 g/mol. The molecule has 0 spiro atoms. The van der Waals surface area contributed by atoms with Gasteiger partial charge in [-0.15, -0.1) is 0 Å². The molecule has 0 aliphatic carbocycles. The third-order valence-electron chi connectivity index (χ3n) is 4.37. The number of rotatable bonds is 5. The van der Waals surface area contributed by atoms with E-state index >= 15 is 0 Å². The zero-order valence-electron chi connectivity index (χ0n) is 14.7. The molecule has 132 valence electrons. The van der Waals surface area contributed by atoms with Gasteiger partial charge in [0.15, 0.2) is 11.6 Å². The first kappa shape index (κ1) is 18.2. The minimum atomic E-state index is -1.52. The Morgan fingerprint density at radius 2 is 1.65 bits per heavy atom. The molecule has 0 fully saturated rings. The molecule has 3 aromatic rings. The van der Waals surface area contributed by atoms with E-state index < -0.39 is 12.9 Å². The Balaban J connectivity index is 1.84. The van der Waals surface area contributed by atoms with Crippen molar-refractivity contribution in [3.8, 4) is 16.9 Å². The summed E-state index contributed by atoms with van der Waals surface area (Å²) in [6.07, 6.45) is 0. The highest BCUT2D eigenvalue weighted by Gasteiger charge is 2.17. The summed E-state index contributed by atoms with van der Waals surface area (Å²) in [5, 5.41) is 18.8. The average molecular weight is 350 g/mol. The van der Waals surface area contributed by atoms with Crippen molar-refractivity contribution >= 4 is 12.6 Å². The quantitative estimate of drug-likeness (QED) is 0.694. The second-order valence-corrected chi connectivity index (χ2v) is 6.32. The summed E-state index contributed by atoms with van der Waals surface area (Å²) in [6.45, 7) is 3.96. The van der Waals surface area contributed by atoms with Crippen LogP contribution in [0.15, 0.2) is 60.7 Å². The molecule has 0 heterocycles. The zero-order valence-corrected chi connectivity index (χ0v) is 14.7. The lowest BCUT2D eigenvalue weighted by Crippen LogP contribution is -2.32. The van der Waals surface area contributed by atoms with Crippen LogP contribution in [-0.2, 0) is 6.61 Å². The standard InChI is InChI=1S/C21H20BFO3/c1-14-11-19(22(24)25)15(2)10-18(14)17-8-9-21(20(23)12-17)26-13-16-6-4-3-5-7-16/h3-12,24-25H,13H2,1-2H3. The monoisotopic (exact) mass is 350 g/mol. The van der Waals surface area contributed by atoms with Crippen LogP contribution in [0.4, 0.5) is 4.39 Å². The maximum absolute atomic E-state index is 14.5. The first-order valence-corrected chi connectivity index (χ1v) is 8.39. The second kappa shape index (κ2) is 7.73. The zero-order chi connectivity index (χ0) is 18.7. The van der Waals surface area contributed by atoms with Crippen molar-refractivity contribution in [2.75, 3.05) is 0 Å².